The van der Waals surface area contributed by atoms with Crippen molar-refractivity contribution in [2.75, 3.05) is 13.1 Å². The van der Waals surface area contributed by atoms with Gasteiger partial charge in [-0.15, -0.1) is 0 Å². The van der Waals surface area contributed by atoms with Crippen molar-refractivity contribution in [3.8, 4) is 0 Å². The van der Waals surface area contributed by atoms with Gasteiger partial charge in [0, 0.05) is 25.5 Å². The Balaban J connectivity index is 1.79. The maximum absolute atomic E-state index is 5.64. The van der Waals surface area contributed by atoms with Crippen molar-refractivity contribution in [2.24, 2.45) is 5.73 Å². The minimum absolute atomic E-state index is 0.440. The molecule has 0 spiro atoms. The summed E-state index contributed by atoms with van der Waals surface area (Å²) in [7, 11) is 0. The highest BCUT2D eigenvalue weighted by Gasteiger charge is 2.15. The summed E-state index contributed by atoms with van der Waals surface area (Å²) in [6, 6.07) is 0. The second-order valence-electron chi connectivity index (χ2n) is 7.75. The van der Waals surface area contributed by atoms with Gasteiger partial charge in [0.2, 0.25) is 0 Å². The molecule has 1 aliphatic rings. The van der Waals surface area contributed by atoms with Crippen LogP contribution in [0.25, 0.3) is 0 Å². The van der Waals surface area contributed by atoms with Gasteiger partial charge >= 0.3 is 0 Å². The summed E-state index contributed by atoms with van der Waals surface area (Å²) in [5.41, 5.74) is 5.64. The predicted octanol–water partition coefficient (Wildman–Crippen LogP) is 6.08. The van der Waals surface area contributed by atoms with E-state index in [1.165, 1.54) is 83.5 Å². The monoisotopic (exact) mass is 363 g/mol. The van der Waals surface area contributed by atoms with E-state index in [1.54, 1.807) is 0 Å². The molecule has 3 heteroatoms. The summed E-state index contributed by atoms with van der Waals surface area (Å²) in [5, 5.41) is 3.40. The van der Waals surface area contributed by atoms with Crippen molar-refractivity contribution in [3.63, 3.8) is 0 Å². The maximum Gasteiger partial charge on any atom is 0.0984 e. The Labute approximate surface area is 163 Å². The van der Waals surface area contributed by atoms with E-state index in [2.05, 4.69) is 35.5 Å². The molecule has 1 atom stereocenters. The van der Waals surface area contributed by atoms with Crippen LogP contribution in [0.2, 0.25) is 0 Å². The molecule has 1 heterocycles. The minimum Gasteiger partial charge on any atom is -0.370 e. The molecule has 0 amide bonds. The van der Waals surface area contributed by atoms with Gasteiger partial charge in [0.1, 0.15) is 0 Å². The molecular formula is C23H45N3. The normalized spacial score (nSPS) is 16.7. The Morgan fingerprint density at radius 2 is 1.42 bits per heavy atom. The smallest absolute Gasteiger partial charge is 0.0984 e. The van der Waals surface area contributed by atoms with Gasteiger partial charge in [-0.05, 0) is 25.7 Å². The van der Waals surface area contributed by atoms with Crippen molar-refractivity contribution in [1.82, 2.24) is 10.2 Å². The highest BCUT2D eigenvalue weighted by atomic mass is 15.3. The zero-order valence-electron chi connectivity index (χ0n) is 17.4. The van der Waals surface area contributed by atoms with Crippen LogP contribution in [0, 0.1) is 0 Å². The quantitative estimate of drug-likeness (QED) is 0.229. The second kappa shape index (κ2) is 17.5. The van der Waals surface area contributed by atoms with Crippen LogP contribution in [0.1, 0.15) is 103 Å². The van der Waals surface area contributed by atoms with Gasteiger partial charge in [-0.3, -0.25) is 0 Å². The molecule has 0 bridgehead atoms. The molecule has 0 radical (unpaired) electrons. The topological polar surface area (TPSA) is 41.3 Å². The molecule has 1 aliphatic heterocycles. The lowest BCUT2D eigenvalue weighted by atomic mass is 10.0. The van der Waals surface area contributed by atoms with E-state index in [4.69, 9.17) is 5.73 Å². The fraction of sp³-hybridized carbons (Fsp3) is 0.826. The van der Waals surface area contributed by atoms with Crippen molar-refractivity contribution < 1.29 is 0 Å². The van der Waals surface area contributed by atoms with E-state index < -0.39 is 0 Å². The van der Waals surface area contributed by atoms with E-state index in [9.17, 15) is 0 Å². The van der Waals surface area contributed by atoms with Gasteiger partial charge in [-0.1, -0.05) is 89.7 Å². The maximum atomic E-state index is 5.64. The van der Waals surface area contributed by atoms with E-state index in [1.807, 2.05) is 6.20 Å². The van der Waals surface area contributed by atoms with Gasteiger partial charge in [-0.2, -0.15) is 0 Å². The molecule has 3 nitrogen and oxygen atoms in total. The largest absolute Gasteiger partial charge is 0.370 e. The van der Waals surface area contributed by atoms with Crippen LogP contribution in [0.15, 0.2) is 24.6 Å². The zero-order chi connectivity index (χ0) is 18.7. The summed E-state index contributed by atoms with van der Waals surface area (Å²) < 4.78 is 0. The number of allylic oxidation sites excluding steroid dienone is 2. The first-order valence-corrected chi connectivity index (χ1v) is 11.4. The second-order valence-corrected chi connectivity index (χ2v) is 7.75. The van der Waals surface area contributed by atoms with Crippen LogP contribution in [-0.2, 0) is 0 Å². The Bertz CT molecular complexity index is 351. The summed E-state index contributed by atoms with van der Waals surface area (Å²) in [6.45, 7) is 3.95. The lowest BCUT2D eigenvalue weighted by molar-refractivity contribution is 0.272. The van der Waals surface area contributed by atoms with Gasteiger partial charge in [0.25, 0.3) is 0 Å². The van der Waals surface area contributed by atoms with Crippen molar-refractivity contribution in [1.29, 1.82) is 0 Å². The lowest BCUT2D eigenvalue weighted by Gasteiger charge is -2.24. The van der Waals surface area contributed by atoms with Crippen molar-refractivity contribution in [2.45, 2.75) is 109 Å². The Morgan fingerprint density at radius 3 is 2.04 bits per heavy atom. The zero-order valence-corrected chi connectivity index (χ0v) is 17.4. The number of nitrogens with zero attached hydrogens (tertiary/aromatic N) is 1. The van der Waals surface area contributed by atoms with Crippen LogP contribution in [-0.4, -0.2) is 24.2 Å². The Hall–Kier alpha value is -0.960. The highest BCUT2D eigenvalue weighted by Crippen LogP contribution is 2.13. The molecule has 0 aliphatic carbocycles. The fourth-order valence-electron chi connectivity index (χ4n) is 3.67. The standard InChI is InChI=1S/C23H45N3/c1-2-3-4-5-6-7-8-9-10-11-12-13-14-15-16-17-18-23-25-20-22-26(23)21-19-24/h15-16,20,22-23,25H,2-14,17-19,21,24H2,1H3/b16-15+. The first-order chi connectivity index (χ1) is 12.9. The summed E-state index contributed by atoms with van der Waals surface area (Å²) in [5.74, 6) is 0. The molecule has 0 aromatic carbocycles. The van der Waals surface area contributed by atoms with E-state index in [0.717, 1.165) is 25.9 Å². The average molecular weight is 364 g/mol. The van der Waals surface area contributed by atoms with Gasteiger partial charge < -0.3 is 16.0 Å². The third-order valence-electron chi connectivity index (χ3n) is 5.34. The first-order valence-electron chi connectivity index (χ1n) is 11.4. The highest BCUT2D eigenvalue weighted by molar-refractivity contribution is 4.95. The summed E-state index contributed by atoms with van der Waals surface area (Å²) in [4.78, 5) is 2.30. The molecule has 26 heavy (non-hydrogen) atoms. The molecular weight excluding hydrogens is 318 g/mol. The number of hydrogen-bond donors (Lipinski definition) is 2. The number of nitrogens with two attached hydrogens (primary N) is 1. The van der Waals surface area contributed by atoms with Gasteiger partial charge in [0.05, 0.1) is 6.17 Å². The van der Waals surface area contributed by atoms with Crippen molar-refractivity contribution >= 4 is 0 Å². The molecule has 0 aromatic heterocycles. The SMILES string of the molecule is CCCCCCCCCCCCCC/C=C/CCC1NC=CN1CCN. The number of unbranched alkanes of at least 4 members (excludes halogenated alkanes) is 12. The van der Waals surface area contributed by atoms with Crippen LogP contribution in [0.4, 0.5) is 0 Å². The molecule has 0 fully saturated rings. The van der Waals surface area contributed by atoms with Crippen LogP contribution in [0.5, 0.6) is 0 Å². The molecule has 1 rings (SSSR count). The van der Waals surface area contributed by atoms with Gasteiger partial charge in [-0.25, -0.2) is 0 Å². The van der Waals surface area contributed by atoms with Gasteiger partial charge in [0.15, 0.2) is 0 Å². The molecule has 152 valence electrons. The molecule has 3 N–H and O–H groups in total. The number of nitrogens with one attached hydrogen (secondary N) is 1. The lowest BCUT2D eigenvalue weighted by Crippen LogP contribution is -2.37. The van der Waals surface area contributed by atoms with Crippen LogP contribution < -0.4 is 11.1 Å². The predicted molar refractivity (Wildman–Crippen MR) is 116 cm³/mol. The third kappa shape index (κ3) is 12.4. The number of hydrogen-bond acceptors (Lipinski definition) is 3. The first kappa shape index (κ1) is 23.1. The van der Waals surface area contributed by atoms with Crippen LogP contribution in [0.3, 0.4) is 0 Å². The van der Waals surface area contributed by atoms with E-state index >= 15 is 0 Å². The molecule has 0 saturated heterocycles. The summed E-state index contributed by atoms with van der Waals surface area (Å²) in [6.07, 6.45) is 30.0. The average Bonchev–Trinajstić information content (AvgIpc) is 3.09. The number of rotatable bonds is 18. The van der Waals surface area contributed by atoms with Crippen LogP contribution >= 0.6 is 0 Å². The Kier molecular flexibility index (Phi) is 15.5. The Morgan fingerprint density at radius 1 is 0.846 bits per heavy atom. The molecule has 0 saturated carbocycles. The molecule has 0 aromatic rings. The van der Waals surface area contributed by atoms with E-state index in [0.29, 0.717) is 6.17 Å². The minimum atomic E-state index is 0.440. The van der Waals surface area contributed by atoms with Crippen molar-refractivity contribution in [3.05, 3.63) is 24.6 Å². The fourth-order valence-corrected chi connectivity index (χ4v) is 3.67. The third-order valence-corrected chi connectivity index (χ3v) is 5.34. The summed E-state index contributed by atoms with van der Waals surface area (Å²) >= 11 is 0. The molecule has 1 unspecified atom stereocenters. The van der Waals surface area contributed by atoms with E-state index in [-0.39, 0.29) is 0 Å².